The Balaban J connectivity index is 2.02. The third kappa shape index (κ3) is 8.32. The zero-order valence-corrected chi connectivity index (χ0v) is 20.3. The van der Waals surface area contributed by atoms with Gasteiger partial charge in [-0.1, -0.05) is 18.2 Å². The molecular formula is C22H33N3O7S. The van der Waals surface area contributed by atoms with Crippen LogP contribution in [0.5, 0.6) is 0 Å². The van der Waals surface area contributed by atoms with Gasteiger partial charge in [0.2, 0.25) is 15.9 Å². The van der Waals surface area contributed by atoms with E-state index in [2.05, 4.69) is 10.0 Å². The van der Waals surface area contributed by atoms with Crippen molar-refractivity contribution in [3.63, 3.8) is 0 Å². The van der Waals surface area contributed by atoms with Crippen molar-refractivity contribution >= 4 is 28.0 Å². The minimum Gasteiger partial charge on any atom is -0.465 e. The van der Waals surface area contributed by atoms with Crippen molar-refractivity contribution in [3.05, 3.63) is 30.3 Å². The van der Waals surface area contributed by atoms with Crippen LogP contribution in [0.1, 0.15) is 40.5 Å². The fourth-order valence-electron chi connectivity index (χ4n) is 3.30. The molecule has 1 heterocycles. The average molecular weight is 484 g/mol. The summed E-state index contributed by atoms with van der Waals surface area (Å²) in [5, 5.41) is 2.63. The topological polar surface area (TPSA) is 131 Å². The lowest BCUT2D eigenvalue weighted by atomic mass is 9.97. The van der Waals surface area contributed by atoms with Gasteiger partial charge in [0.25, 0.3) is 0 Å². The van der Waals surface area contributed by atoms with Crippen molar-refractivity contribution < 1.29 is 32.3 Å². The van der Waals surface area contributed by atoms with E-state index in [0.29, 0.717) is 19.4 Å². The molecule has 1 aliphatic rings. The highest BCUT2D eigenvalue weighted by molar-refractivity contribution is 7.89. The largest absolute Gasteiger partial charge is 0.465 e. The van der Waals surface area contributed by atoms with Gasteiger partial charge in [0.05, 0.1) is 17.4 Å². The first-order chi connectivity index (χ1) is 15.4. The third-order valence-corrected chi connectivity index (χ3v) is 6.33. The molecule has 0 aromatic heterocycles. The number of nitrogens with one attached hydrogen (secondary N) is 2. The van der Waals surface area contributed by atoms with Crippen LogP contribution in [0.3, 0.4) is 0 Å². The first kappa shape index (κ1) is 26.6. The zero-order chi connectivity index (χ0) is 24.6. The third-order valence-electron chi connectivity index (χ3n) is 4.85. The van der Waals surface area contributed by atoms with Gasteiger partial charge in [0.15, 0.2) is 0 Å². The Kier molecular flexibility index (Phi) is 9.24. The molecule has 0 aliphatic carbocycles. The van der Waals surface area contributed by atoms with Gasteiger partial charge in [-0.3, -0.25) is 9.59 Å². The van der Waals surface area contributed by atoms with Crippen molar-refractivity contribution in [2.75, 3.05) is 26.2 Å². The van der Waals surface area contributed by atoms with E-state index in [9.17, 15) is 22.8 Å². The molecule has 11 heteroatoms. The second-order valence-corrected chi connectivity index (χ2v) is 10.5. The molecule has 1 aliphatic heterocycles. The number of carbonyl (C=O) groups is 3. The van der Waals surface area contributed by atoms with Crippen LogP contribution in [0.4, 0.5) is 4.79 Å². The Bertz CT molecular complexity index is 929. The van der Waals surface area contributed by atoms with Crippen LogP contribution in [0.25, 0.3) is 0 Å². The van der Waals surface area contributed by atoms with Gasteiger partial charge >= 0.3 is 12.1 Å². The van der Waals surface area contributed by atoms with Crippen LogP contribution < -0.4 is 10.0 Å². The van der Waals surface area contributed by atoms with Crippen LogP contribution in [0.2, 0.25) is 0 Å². The number of carbonyl (C=O) groups excluding carboxylic acids is 3. The molecule has 2 rings (SSSR count). The van der Waals surface area contributed by atoms with Gasteiger partial charge in [-0.25, -0.2) is 13.2 Å². The van der Waals surface area contributed by atoms with E-state index < -0.39 is 39.6 Å². The van der Waals surface area contributed by atoms with Crippen molar-refractivity contribution in [2.45, 2.75) is 57.1 Å². The van der Waals surface area contributed by atoms with Gasteiger partial charge in [-0.05, 0) is 52.7 Å². The highest BCUT2D eigenvalue weighted by Gasteiger charge is 2.32. The van der Waals surface area contributed by atoms with Crippen molar-refractivity contribution in [1.29, 1.82) is 0 Å². The molecule has 2 amide bonds. The molecule has 1 aromatic rings. The van der Waals surface area contributed by atoms with Crippen molar-refractivity contribution in [3.8, 4) is 0 Å². The van der Waals surface area contributed by atoms with E-state index >= 15 is 0 Å². The summed E-state index contributed by atoms with van der Waals surface area (Å²) in [6.45, 7) is 7.35. The molecule has 10 nitrogen and oxygen atoms in total. The quantitative estimate of drug-likeness (QED) is 0.538. The van der Waals surface area contributed by atoms with Crippen molar-refractivity contribution in [2.24, 2.45) is 5.92 Å². The van der Waals surface area contributed by atoms with E-state index in [4.69, 9.17) is 9.47 Å². The average Bonchev–Trinajstić information content (AvgIpc) is 2.76. The number of sulfonamides is 1. The molecule has 0 bridgehead atoms. The maximum absolute atomic E-state index is 12.8. The summed E-state index contributed by atoms with van der Waals surface area (Å²) in [6.07, 6.45) is 0.699. The number of rotatable bonds is 8. The molecule has 0 spiro atoms. The zero-order valence-electron chi connectivity index (χ0n) is 19.5. The highest BCUT2D eigenvalue weighted by Crippen LogP contribution is 2.19. The van der Waals surface area contributed by atoms with Crippen LogP contribution in [-0.2, 0) is 29.1 Å². The summed E-state index contributed by atoms with van der Waals surface area (Å²) in [5.74, 6) is -1.67. The van der Waals surface area contributed by atoms with Crippen LogP contribution in [0.15, 0.2) is 35.2 Å². The number of likely N-dealkylation sites (tertiary alicyclic amines) is 1. The van der Waals surface area contributed by atoms with E-state index in [1.54, 1.807) is 45.9 Å². The van der Waals surface area contributed by atoms with Crippen LogP contribution in [-0.4, -0.2) is 69.2 Å². The summed E-state index contributed by atoms with van der Waals surface area (Å²) < 4.78 is 37.9. The standard InChI is InChI=1S/C22H33N3O7S/c1-5-31-20(27)18(24-33(29,30)17-11-7-6-8-12-17)14-23-19(26)16-10-9-13-25(15-16)21(28)32-22(2,3)4/h6-8,11-12,16,18,24H,5,9-10,13-15H2,1-4H3,(H,23,26)/t16?,18-/m0/s1. The van der Waals surface area contributed by atoms with E-state index in [1.165, 1.54) is 17.0 Å². The number of amides is 2. The Morgan fingerprint density at radius 3 is 2.45 bits per heavy atom. The Hall–Kier alpha value is -2.66. The van der Waals surface area contributed by atoms with E-state index in [-0.39, 0.29) is 30.5 Å². The summed E-state index contributed by atoms with van der Waals surface area (Å²) in [6, 6.07) is 6.30. The highest BCUT2D eigenvalue weighted by atomic mass is 32.2. The molecule has 0 radical (unpaired) electrons. The van der Waals surface area contributed by atoms with Crippen molar-refractivity contribution in [1.82, 2.24) is 14.9 Å². The lowest BCUT2D eigenvalue weighted by Gasteiger charge is -2.33. The maximum Gasteiger partial charge on any atom is 0.410 e. The van der Waals surface area contributed by atoms with Gasteiger partial charge in [-0.15, -0.1) is 0 Å². The summed E-state index contributed by atoms with van der Waals surface area (Å²) >= 11 is 0. The minimum atomic E-state index is -4.00. The van der Waals surface area contributed by atoms with Crippen LogP contribution >= 0.6 is 0 Å². The Morgan fingerprint density at radius 1 is 1.18 bits per heavy atom. The molecule has 184 valence electrons. The Morgan fingerprint density at radius 2 is 1.85 bits per heavy atom. The fourth-order valence-corrected chi connectivity index (χ4v) is 4.51. The molecular weight excluding hydrogens is 450 g/mol. The predicted octanol–water partition coefficient (Wildman–Crippen LogP) is 1.66. The molecule has 33 heavy (non-hydrogen) atoms. The molecule has 2 N–H and O–H groups in total. The smallest absolute Gasteiger partial charge is 0.410 e. The summed E-state index contributed by atoms with van der Waals surface area (Å²) in [7, 11) is -4.00. The summed E-state index contributed by atoms with van der Waals surface area (Å²) in [4.78, 5) is 38.9. The predicted molar refractivity (Wildman–Crippen MR) is 121 cm³/mol. The first-order valence-electron chi connectivity index (χ1n) is 10.9. The van der Waals surface area contributed by atoms with Gasteiger partial charge in [0, 0.05) is 19.6 Å². The van der Waals surface area contributed by atoms with Gasteiger partial charge in [0.1, 0.15) is 11.6 Å². The molecule has 1 aromatic carbocycles. The second-order valence-electron chi connectivity index (χ2n) is 8.75. The molecule has 1 unspecified atom stereocenters. The second kappa shape index (κ2) is 11.5. The number of hydrogen-bond acceptors (Lipinski definition) is 7. The molecule has 0 saturated carbocycles. The van der Waals surface area contributed by atoms with Gasteiger partial charge in [-0.2, -0.15) is 4.72 Å². The number of piperidine rings is 1. The Labute approximate surface area is 195 Å². The number of esters is 1. The van der Waals surface area contributed by atoms with Crippen LogP contribution in [0, 0.1) is 5.92 Å². The number of hydrogen-bond donors (Lipinski definition) is 2. The number of benzene rings is 1. The molecule has 2 atom stereocenters. The van der Waals surface area contributed by atoms with E-state index in [0.717, 1.165) is 0 Å². The van der Waals surface area contributed by atoms with Gasteiger partial charge < -0.3 is 19.7 Å². The lowest BCUT2D eigenvalue weighted by Crippen LogP contribution is -2.52. The minimum absolute atomic E-state index is 0.00842. The summed E-state index contributed by atoms with van der Waals surface area (Å²) in [5.41, 5.74) is -0.644. The first-order valence-corrected chi connectivity index (χ1v) is 12.4. The monoisotopic (exact) mass is 483 g/mol. The maximum atomic E-state index is 12.8. The molecule has 1 fully saturated rings. The normalized spacial score (nSPS) is 17.7. The fraction of sp³-hybridized carbons (Fsp3) is 0.591. The lowest BCUT2D eigenvalue weighted by molar-refractivity contribution is -0.145. The molecule has 1 saturated heterocycles. The number of ether oxygens (including phenoxy) is 2. The SMILES string of the molecule is CCOC(=O)[C@H](CNC(=O)C1CCCN(C(=O)OC(C)(C)C)C1)NS(=O)(=O)c1ccccc1. The van der Waals surface area contributed by atoms with E-state index in [1.807, 2.05) is 0 Å². The number of nitrogens with zero attached hydrogens (tertiary/aromatic N) is 1.